The van der Waals surface area contributed by atoms with Gasteiger partial charge in [-0.3, -0.25) is 9.59 Å². The molecule has 7 heteroatoms. The first-order chi connectivity index (χ1) is 12.4. The van der Waals surface area contributed by atoms with Crippen LogP contribution in [0.3, 0.4) is 0 Å². The molecule has 0 saturated carbocycles. The average molecular weight is 390 g/mol. The van der Waals surface area contributed by atoms with Gasteiger partial charge in [-0.15, -0.1) is 12.4 Å². The van der Waals surface area contributed by atoms with Gasteiger partial charge in [0.2, 0.25) is 11.8 Å². The molecule has 1 heterocycles. The summed E-state index contributed by atoms with van der Waals surface area (Å²) in [7, 11) is 1.57. The molecular formula is C20H24ClN3O3. The zero-order valence-corrected chi connectivity index (χ0v) is 16.2. The Morgan fingerprint density at radius 2 is 1.81 bits per heavy atom. The van der Waals surface area contributed by atoms with Crippen molar-refractivity contribution in [3.05, 3.63) is 60.2 Å². The first-order valence-electron chi connectivity index (χ1n) is 8.55. The number of para-hydroxylation sites is 2. The summed E-state index contributed by atoms with van der Waals surface area (Å²) >= 11 is 0. The minimum Gasteiger partial charge on any atom is -0.495 e. The first-order valence-corrected chi connectivity index (χ1v) is 8.55. The van der Waals surface area contributed by atoms with Crippen molar-refractivity contribution in [1.82, 2.24) is 5.32 Å². The molecule has 0 aliphatic carbocycles. The van der Waals surface area contributed by atoms with Crippen LogP contribution in [0, 0.1) is 0 Å². The Kier molecular flexibility index (Phi) is 6.46. The van der Waals surface area contributed by atoms with Crippen molar-refractivity contribution < 1.29 is 14.3 Å². The number of nitrogens with zero attached hydrogens (tertiary/aromatic N) is 1. The SMILES string of the molecule is COc1ccccc1N1CCC(NC(=O)C(C)(N)c2ccccc2)C1=O.Cl. The van der Waals surface area contributed by atoms with Crippen molar-refractivity contribution in [2.45, 2.75) is 24.9 Å². The lowest BCUT2D eigenvalue weighted by atomic mass is 9.92. The van der Waals surface area contributed by atoms with Crippen molar-refractivity contribution >= 4 is 29.9 Å². The molecule has 6 nitrogen and oxygen atoms in total. The van der Waals surface area contributed by atoms with Crippen molar-refractivity contribution in [1.29, 1.82) is 0 Å². The molecule has 0 radical (unpaired) electrons. The van der Waals surface area contributed by atoms with Gasteiger partial charge < -0.3 is 20.7 Å². The maximum absolute atomic E-state index is 12.8. The molecule has 3 rings (SSSR count). The number of carbonyl (C=O) groups is 2. The van der Waals surface area contributed by atoms with Crippen LogP contribution in [0.5, 0.6) is 5.75 Å². The van der Waals surface area contributed by atoms with Crippen molar-refractivity contribution in [2.24, 2.45) is 5.73 Å². The molecule has 1 aliphatic heterocycles. The highest BCUT2D eigenvalue weighted by Crippen LogP contribution is 2.31. The number of anilines is 1. The van der Waals surface area contributed by atoms with Crippen molar-refractivity contribution in [2.75, 3.05) is 18.6 Å². The fourth-order valence-corrected chi connectivity index (χ4v) is 3.13. The highest BCUT2D eigenvalue weighted by atomic mass is 35.5. The molecule has 2 aromatic carbocycles. The zero-order chi connectivity index (χ0) is 18.7. The van der Waals surface area contributed by atoms with Crippen molar-refractivity contribution in [3.63, 3.8) is 0 Å². The third-order valence-corrected chi connectivity index (χ3v) is 4.73. The van der Waals surface area contributed by atoms with Gasteiger partial charge in [-0.2, -0.15) is 0 Å². The number of benzene rings is 2. The number of ether oxygens (including phenoxy) is 1. The van der Waals surface area contributed by atoms with E-state index in [-0.39, 0.29) is 24.2 Å². The van der Waals surface area contributed by atoms with Crippen LogP contribution in [0.15, 0.2) is 54.6 Å². The van der Waals surface area contributed by atoms with Gasteiger partial charge in [-0.05, 0) is 31.0 Å². The predicted octanol–water partition coefficient (Wildman–Crippen LogP) is 2.21. The summed E-state index contributed by atoms with van der Waals surface area (Å²) in [6.45, 7) is 2.16. The molecule has 0 spiro atoms. The summed E-state index contributed by atoms with van der Waals surface area (Å²) in [6, 6.07) is 15.9. The van der Waals surface area contributed by atoms with E-state index in [1.165, 1.54) is 0 Å². The Bertz CT molecular complexity index is 811. The van der Waals surface area contributed by atoms with Gasteiger partial charge in [0.1, 0.15) is 17.3 Å². The van der Waals surface area contributed by atoms with Gasteiger partial charge in [0.05, 0.1) is 12.8 Å². The summed E-state index contributed by atoms with van der Waals surface area (Å²) in [4.78, 5) is 27.1. The number of amides is 2. The van der Waals surface area contributed by atoms with Crippen LogP contribution in [0.25, 0.3) is 0 Å². The molecule has 2 atom stereocenters. The topological polar surface area (TPSA) is 84.7 Å². The number of nitrogens with two attached hydrogens (primary N) is 1. The van der Waals surface area contributed by atoms with Gasteiger partial charge >= 0.3 is 0 Å². The summed E-state index contributed by atoms with van der Waals surface area (Å²) in [6.07, 6.45) is 0.521. The summed E-state index contributed by atoms with van der Waals surface area (Å²) in [5.41, 5.74) is 6.43. The van der Waals surface area contributed by atoms with E-state index >= 15 is 0 Å². The molecule has 0 aromatic heterocycles. The molecule has 144 valence electrons. The Labute approximate surface area is 165 Å². The summed E-state index contributed by atoms with van der Waals surface area (Å²) in [5.74, 6) is 0.0939. The number of halogens is 1. The van der Waals surface area contributed by atoms with Crippen LogP contribution < -0.4 is 20.7 Å². The number of rotatable bonds is 5. The van der Waals surface area contributed by atoms with E-state index < -0.39 is 11.6 Å². The molecule has 2 aromatic rings. The lowest BCUT2D eigenvalue weighted by Crippen LogP contribution is -2.53. The van der Waals surface area contributed by atoms with E-state index in [0.717, 1.165) is 0 Å². The Balaban J connectivity index is 0.00000261. The van der Waals surface area contributed by atoms with Gasteiger partial charge in [-0.1, -0.05) is 42.5 Å². The minimum atomic E-state index is -1.21. The Morgan fingerprint density at radius 1 is 1.19 bits per heavy atom. The molecule has 27 heavy (non-hydrogen) atoms. The van der Waals surface area contributed by atoms with Gasteiger partial charge in [0, 0.05) is 6.54 Å². The lowest BCUT2D eigenvalue weighted by molar-refractivity contribution is -0.130. The monoisotopic (exact) mass is 389 g/mol. The molecule has 3 N–H and O–H groups in total. The number of methoxy groups -OCH3 is 1. The Hall–Kier alpha value is -2.57. The number of nitrogens with one attached hydrogen (secondary N) is 1. The van der Waals surface area contributed by atoms with E-state index in [2.05, 4.69) is 5.32 Å². The van der Waals surface area contributed by atoms with Gasteiger partial charge in [0.25, 0.3) is 0 Å². The normalized spacial score (nSPS) is 18.4. The second-order valence-corrected chi connectivity index (χ2v) is 6.54. The third-order valence-electron chi connectivity index (χ3n) is 4.73. The molecule has 0 bridgehead atoms. The van der Waals surface area contributed by atoms with Crippen LogP contribution in [0.4, 0.5) is 5.69 Å². The number of hydrogen-bond acceptors (Lipinski definition) is 4. The standard InChI is InChI=1S/C20H23N3O3.ClH/c1-20(21,14-8-4-3-5-9-14)19(25)22-15-12-13-23(18(15)24)16-10-6-7-11-17(16)26-2;/h3-11,15H,12-13,21H2,1-2H3,(H,22,25);1H. The average Bonchev–Trinajstić information content (AvgIpc) is 3.02. The van der Waals surface area contributed by atoms with Crippen LogP contribution in [-0.2, 0) is 15.1 Å². The van der Waals surface area contributed by atoms with E-state index in [1.807, 2.05) is 36.4 Å². The molecule has 1 saturated heterocycles. The Morgan fingerprint density at radius 3 is 2.48 bits per heavy atom. The van der Waals surface area contributed by atoms with Crippen LogP contribution in [0.1, 0.15) is 18.9 Å². The third kappa shape index (κ3) is 4.07. The van der Waals surface area contributed by atoms with Gasteiger partial charge in [0.15, 0.2) is 0 Å². The van der Waals surface area contributed by atoms with Crippen LogP contribution in [0.2, 0.25) is 0 Å². The fourth-order valence-electron chi connectivity index (χ4n) is 3.13. The molecule has 1 aliphatic rings. The smallest absolute Gasteiger partial charge is 0.249 e. The van der Waals surface area contributed by atoms with E-state index in [1.54, 1.807) is 37.1 Å². The predicted molar refractivity (Wildman–Crippen MR) is 107 cm³/mol. The molecule has 2 unspecified atom stereocenters. The fraction of sp³-hybridized carbons (Fsp3) is 0.300. The lowest BCUT2D eigenvalue weighted by Gasteiger charge is -2.26. The first kappa shape index (κ1) is 20.7. The largest absolute Gasteiger partial charge is 0.495 e. The van der Waals surface area contributed by atoms with Crippen LogP contribution in [-0.4, -0.2) is 31.5 Å². The quantitative estimate of drug-likeness (QED) is 0.821. The summed E-state index contributed by atoms with van der Waals surface area (Å²) < 4.78 is 5.33. The van der Waals surface area contributed by atoms with E-state index in [0.29, 0.717) is 30.0 Å². The summed E-state index contributed by atoms with van der Waals surface area (Å²) in [5, 5.41) is 2.81. The number of carbonyl (C=O) groups excluding carboxylic acids is 2. The highest BCUT2D eigenvalue weighted by Gasteiger charge is 2.38. The molecule has 2 amide bonds. The molecule has 1 fully saturated rings. The highest BCUT2D eigenvalue weighted by molar-refractivity contribution is 6.03. The second kappa shape index (κ2) is 8.41. The number of hydrogen-bond donors (Lipinski definition) is 2. The van der Waals surface area contributed by atoms with Crippen molar-refractivity contribution in [3.8, 4) is 5.75 Å². The molecular weight excluding hydrogens is 366 g/mol. The van der Waals surface area contributed by atoms with E-state index in [4.69, 9.17) is 10.5 Å². The maximum atomic E-state index is 12.8. The van der Waals surface area contributed by atoms with Gasteiger partial charge in [-0.25, -0.2) is 0 Å². The zero-order valence-electron chi connectivity index (χ0n) is 15.3. The maximum Gasteiger partial charge on any atom is 0.249 e. The van der Waals surface area contributed by atoms with E-state index in [9.17, 15) is 9.59 Å². The minimum absolute atomic E-state index is 0. The second-order valence-electron chi connectivity index (χ2n) is 6.54. The van der Waals surface area contributed by atoms with Crippen LogP contribution >= 0.6 is 12.4 Å².